The molecule has 0 aliphatic rings. The SMILES string of the molecule is COc1cc(F)c(Br)c(S)c1. The Labute approximate surface area is 78.1 Å². The first-order valence-corrected chi connectivity index (χ1v) is 4.11. The number of ether oxygens (including phenoxy) is 1. The first-order valence-electron chi connectivity index (χ1n) is 2.87. The summed E-state index contributed by atoms with van der Waals surface area (Å²) in [6.45, 7) is 0. The summed E-state index contributed by atoms with van der Waals surface area (Å²) in [6, 6.07) is 2.93. The minimum atomic E-state index is -0.366. The fourth-order valence-electron chi connectivity index (χ4n) is 0.668. The van der Waals surface area contributed by atoms with Crippen molar-refractivity contribution < 1.29 is 9.13 Å². The van der Waals surface area contributed by atoms with Gasteiger partial charge in [0.05, 0.1) is 11.6 Å². The Bertz CT molecular complexity index is 254. The second-order valence-electron chi connectivity index (χ2n) is 1.94. The lowest BCUT2D eigenvalue weighted by Gasteiger charge is -2.02. The van der Waals surface area contributed by atoms with E-state index in [9.17, 15) is 4.39 Å². The predicted octanol–water partition coefficient (Wildman–Crippen LogP) is 2.89. The number of hydrogen-bond donors (Lipinski definition) is 1. The third-order valence-electron chi connectivity index (χ3n) is 1.22. The fraction of sp³-hybridized carbons (Fsp3) is 0.143. The van der Waals surface area contributed by atoms with Crippen molar-refractivity contribution >= 4 is 28.6 Å². The number of benzene rings is 1. The summed E-state index contributed by atoms with van der Waals surface area (Å²) >= 11 is 7.06. The van der Waals surface area contributed by atoms with Gasteiger partial charge in [0.1, 0.15) is 11.6 Å². The van der Waals surface area contributed by atoms with Crippen LogP contribution in [0.1, 0.15) is 0 Å². The second kappa shape index (κ2) is 3.45. The molecule has 0 radical (unpaired) electrons. The lowest BCUT2D eigenvalue weighted by Crippen LogP contribution is -1.86. The van der Waals surface area contributed by atoms with Crippen molar-refractivity contribution in [3.63, 3.8) is 0 Å². The molecule has 0 aliphatic heterocycles. The summed E-state index contributed by atoms with van der Waals surface area (Å²) in [5.74, 6) is 0.102. The van der Waals surface area contributed by atoms with Crippen molar-refractivity contribution in [2.75, 3.05) is 7.11 Å². The number of thiol groups is 1. The molecule has 0 atom stereocenters. The molecule has 0 saturated heterocycles. The third-order valence-corrected chi connectivity index (χ3v) is 2.68. The lowest BCUT2D eigenvalue weighted by molar-refractivity contribution is 0.409. The zero-order valence-electron chi connectivity index (χ0n) is 5.77. The van der Waals surface area contributed by atoms with Crippen LogP contribution in [0.15, 0.2) is 21.5 Å². The summed E-state index contributed by atoms with van der Waals surface area (Å²) in [5, 5.41) is 0. The molecule has 0 amide bonds. The van der Waals surface area contributed by atoms with Gasteiger partial charge in [-0.15, -0.1) is 12.6 Å². The third kappa shape index (κ3) is 1.87. The summed E-state index contributed by atoms with van der Waals surface area (Å²) < 4.78 is 18.0. The van der Waals surface area contributed by atoms with E-state index in [2.05, 4.69) is 28.6 Å². The van der Waals surface area contributed by atoms with Crippen LogP contribution in [0.5, 0.6) is 5.75 Å². The Hall–Kier alpha value is -0.220. The van der Waals surface area contributed by atoms with E-state index in [1.807, 2.05) is 0 Å². The number of methoxy groups -OCH3 is 1. The molecule has 0 saturated carbocycles. The van der Waals surface area contributed by atoms with E-state index in [1.54, 1.807) is 6.07 Å². The molecule has 60 valence electrons. The Morgan fingerprint density at radius 2 is 2.18 bits per heavy atom. The normalized spacial score (nSPS) is 9.82. The van der Waals surface area contributed by atoms with Gasteiger partial charge in [-0.1, -0.05) is 0 Å². The van der Waals surface area contributed by atoms with Crippen LogP contribution in [0.2, 0.25) is 0 Å². The second-order valence-corrected chi connectivity index (χ2v) is 3.22. The molecule has 1 aromatic carbocycles. The van der Waals surface area contributed by atoms with Crippen LogP contribution in [0.3, 0.4) is 0 Å². The Kier molecular flexibility index (Phi) is 2.78. The van der Waals surface area contributed by atoms with Gasteiger partial charge in [0.2, 0.25) is 0 Å². The van der Waals surface area contributed by atoms with Gasteiger partial charge in [0, 0.05) is 11.0 Å². The topological polar surface area (TPSA) is 9.23 Å². The van der Waals surface area contributed by atoms with Gasteiger partial charge in [0.15, 0.2) is 0 Å². The maximum atomic E-state index is 12.9. The van der Waals surface area contributed by atoms with Gasteiger partial charge in [-0.05, 0) is 22.0 Å². The molecule has 0 aliphatic carbocycles. The summed E-state index contributed by atoms with van der Waals surface area (Å²) in [7, 11) is 1.48. The molecule has 1 nitrogen and oxygen atoms in total. The number of halogens is 2. The van der Waals surface area contributed by atoms with E-state index in [0.717, 1.165) is 0 Å². The van der Waals surface area contributed by atoms with Crippen LogP contribution in [-0.4, -0.2) is 7.11 Å². The van der Waals surface area contributed by atoms with Crippen LogP contribution in [0.4, 0.5) is 4.39 Å². The molecule has 0 spiro atoms. The average molecular weight is 237 g/mol. The quantitative estimate of drug-likeness (QED) is 0.739. The van der Waals surface area contributed by atoms with E-state index in [-0.39, 0.29) is 5.82 Å². The van der Waals surface area contributed by atoms with Crippen molar-refractivity contribution in [2.45, 2.75) is 4.90 Å². The van der Waals surface area contributed by atoms with Crippen molar-refractivity contribution in [2.24, 2.45) is 0 Å². The average Bonchev–Trinajstić information content (AvgIpc) is 1.99. The molecule has 1 rings (SSSR count). The maximum absolute atomic E-state index is 12.9. The number of hydrogen-bond acceptors (Lipinski definition) is 2. The van der Waals surface area contributed by atoms with Gasteiger partial charge in [-0.25, -0.2) is 4.39 Å². The van der Waals surface area contributed by atoms with E-state index in [1.165, 1.54) is 13.2 Å². The molecule has 0 aromatic heterocycles. The van der Waals surface area contributed by atoms with Gasteiger partial charge in [-0.2, -0.15) is 0 Å². The molecule has 4 heteroatoms. The highest BCUT2D eigenvalue weighted by Crippen LogP contribution is 2.28. The molecule has 0 heterocycles. The van der Waals surface area contributed by atoms with Crippen LogP contribution < -0.4 is 4.74 Å². The van der Waals surface area contributed by atoms with E-state index >= 15 is 0 Å². The van der Waals surface area contributed by atoms with E-state index < -0.39 is 0 Å². The summed E-state index contributed by atoms with van der Waals surface area (Å²) in [4.78, 5) is 0.529. The van der Waals surface area contributed by atoms with Gasteiger partial charge < -0.3 is 4.74 Å². The zero-order valence-corrected chi connectivity index (χ0v) is 8.25. The molecular formula is C7H6BrFOS. The van der Waals surface area contributed by atoms with Crippen molar-refractivity contribution in [1.82, 2.24) is 0 Å². The summed E-state index contributed by atoms with van der Waals surface area (Å²) in [6.07, 6.45) is 0. The fourth-order valence-corrected chi connectivity index (χ4v) is 1.13. The van der Waals surface area contributed by atoms with Gasteiger partial charge in [-0.3, -0.25) is 0 Å². The van der Waals surface area contributed by atoms with Crippen molar-refractivity contribution in [3.05, 3.63) is 22.4 Å². The van der Waals surface area contributed by atoms with Crippen molar-refractivity contribution in [1.29, 1.82) is 0 Å². The predicted molar refractivity (Wildman–Crippen MR) is 47.9 cm³/mol. The lowest BCUT2D eigenvalue weighted by atomic mass is 10.3. The maximum Gasteiger partial charge on any atom is 0.142 e. The molecule has 0 N–H and O–H groups in total. The molecule has 1 aromatic rings. The van der Waals surface area contributed by atoms with E-state index in [0.29, 0.717) is 15.1 Å². The zero-order chi connectivity index (χ0) is 8.43. The van der Waals surface area contributed by atoms with Crippen LogP contribution >= 0.6 is 28.6 Å². The highest BCUT2D eigenvalue weighted by Gasteiger charge is 2.05. The first-order chi connectivity index (χ1) is 5.15. The minimum absolute atomic E-state index is 0.363. The molecule has 0 fully saturated rings. The first kappa shape index (κ1) is 8.87. The molecule has 0 unspecified atom stereocenters. The standard InChI is InChI=1S/C7H6BrFOS/c1-10-4-2-5(9)7(8)6(11)3-4/h2-3,11H,1H3. The van der Waals surface area contributed by atoms with Crippen molar-refractivity contribution in [3.8, 4) is 5.75 Å². The largest absolute Gasteiger partial charge is 0.497 e. The monoisotopic (exact) mass is 236 g/mol. The van der Waals surface area contributed by atoms with E-state index in [4.69, 9.17) is 4.74 Å². The minimum Gasteiger partial charge on any atom is -0.497 e. The Balaban J connectivity index is 3.21. The van der Waals surface area contributed by atoms with Crippen LogP contribution in [0.25, 0.3) is 0 Å². The Morgan fingerprint density at radius 3 is 2.64 bits per heavy atom. The number of rotatable bonds is 1. The van der Waals surface area contributed by atoms with Gasteiger partial charge in [0.25, 0.3) is 0 Å². The molecular weight excluding hydrogens is 231 g/mol. The van der Waals surface area contributed by atoms with Crippen LogP contribution in [-0.2, 0) is 0 Å². The smallest absolute Gasteiger partial charge is 0.142 e. The molecule has 11 heavy (non-hydrogen) atoms. The van der Waals surface area contributed by atoms with Gasteiger partial charge >= 0.3 is 0 Å². The molecule has 0 bridgehead atoms. The van der Waals surface area contributed by atoms with Crippen LogP contribution in [0, 0.1) is 5.82 Å². The summed E-state index contributed by atoms with van der Waals surface area (Å²) in [5.41, 5.74) is 0. The highest BCUT2D eigenvalue weighted by atomic mass is 79.9. The highest BCUT2D eigenvalue weighted by molar-refractivity contribution is 9.10. The Morgan fingerprint density at radius 1 is 1.55 bits per heavy atom.